The Bertz CT molecular complexity index is 944. The molecule has 0 saturated carbocycles. The van der Waals surface area contributed by atoms with Crippen molar-refractivity contribution in [3.05, 3.63) is 63.7 Å². The van der Waals surface area contributed by atoms with Crippen molar-refractivity contribution in [3.8, 4) is 0 Å². The summed E-state index contributed by atoms with van der Waals surface area (Å²) in [6.45, 7) is 1.64. The first kappa shape index (κ1) is 21.9. The fourth-order valence-electron chi connectivity index (χ4n) is 2.32. The number of rotatable bonds is 7. The van der Waals surface area contributed by atoms with E-state index in [-0.39, 0.29) is 22.5 Å². The van der Waals surface area contributed by atoms with E-state index >= 15 is 0 Å². The van der Waals surface area contributed by atoms with Crippen molar-refractivity contribution < 1.29 is 28.8 Å². The smallest absolute Gasteiger partial charge is 0.339 e. The summed E-state index contributed by atoms with van der Waals surface area (Å²) in [4.78, 5) is 47.2. The molecule has 0 fully saturated rings. The van der Waals surface area contributed by atoms with Crippen molar-refractivity contribution in [1.82, 2.24) is 0 Å². The predicted molar refractivity (Wildman–Crippen MR) is 106 cm³/mol. The van der Waals surface area contributed by atoms with Gasteiger partial charge in [0.2, 0.25) is 5.91 Å². The number of carbonyl (C=O) groups is 3. The molecule has 1 N–H and O–H groups in total. The number of hydrogen-bond donors (Lipinski definition) is 1. The third-order valence-corrected chi connectivity index (χ3v) is 4.95. The van der Waals surface area contributed by atoms with Gasteiger partial charge in [0.15, 0.2) is 0 Å². The first-order valence-corrected chi connectivity index (χ1v) is 9.17. The third-order valence-electron chi connectivity index (χ3n) is 3.83. The first-order chi connectivity index (χ1) is 13.8. The van der Waals surface area contributed by atoms with Crippen LogP contribution in [-0.2, 0) is 14.3 Å². The van der Waals surface area contributed by atoms with Crippen molar-refractivity contribution in [2.24, 2.45) is 0 Å². The molecular formula is C19H18N2O7S. The molecule has 0 aliphatic rings. The summed E-state index contributed by atoms with van der Waals surface area (Å²) < 4.78 is 9.36. The summed E-state index contributed by atoms with van der Waals surface area (Å²) >= 11 is 1.18. The van der Waals surface area contributed by atoms with Gasteiger partial charge < -0.3 is 14.8 Å². The van der Waals surface area contributed by atoms with Gasteiger partial charge in [-0.25, -0.2) is 9.59 Å². The van der Waals surface area contributed by atoms with Crippen LogP contribution in [0.3, 0.4) is 0 Å². The highest BCUT2D eigenvalue weighted by atomic mass is 32.2. The van der Waals surface area contributed by atoms with E-state index in [0.717, 1.165) is 0 Å². The molecule has 1 amide bonds. The number of esters is 2. The number of carbonyl (C=O) groups excluding carboxylic acids is 3. The SMILES string of the molecule is COC(=O)c1ccc(C(=O)OC)c(NC(=O)C(C)Sc2ccc([N+](=O)[O-])cc2)c1. The standard InChI is InChI=1S/C19H18N2O7S/c1-11(29-14-7-5-13(6-8-14)21(25)26)17(22)20-16-10-12(18(23)27-2)4-9-15(16)19(24)28-3/h4-11H,1-3H3,(H,20,22). The van der Waals surface area contributed by atoms with Gasteiger partial charge in [0.05, 0.1) is 41.2 Å². The van der Waals surface area contributed by atoms with E-state index in [2.05, 4.69) is 10.1 Å². The molecule has 29 heavy (non-hydrogen) atoms. The van der Waals surface area contributed by atoms with Crippen LogP contribution in [0, 0.1) is 10.1 Å². The minimum absolute atomic E-state index is 0.0474. The van der Waals surface area contributed by atoms with Crippen LogP contribution in [0.15, 0.2) is 47.4 Å². The quantitative estimate of drug-likeness (QED) is 0.314. The Kier molecular flexibility index (Phi) is 7.32. The zero-order valence-corrected chi connectivity index (χ0v) is 16.6. The number of nitro benzene ring substituents is 1. The molecule has 0 aromatic heterocycles. The number of thioether (sulfide) groups is 1. The molecule has 2 aromatic carbocycles. The molecule has 0 heterocycles. The van der Waals surface area contributed by atoms with Gasteiger partial charge in [0.1, 0.15) is 0 Å². The second-order valence-corrected chi connectivity index (χ2v) is 7.16. The van der Waals surface area contributed by atoms with Gasteiger partial charge in [-0.1, -0.05) is 0 Å². The maximum Gasteiger partial charge on any atom is 0.339 e. The number of non-ortho nitro benzene ring substituents is 1. The van der Waals surface area contributed by atoms with Crippen LogP contribution in [0.25, 0.3) is 0 Å². The van der Waals surface area contributed by atoms with Crippen molar-refractivity contribution in [2.45, 2.75) is 17.1 Å². The topological polar surface area (TPSA) is 125 Å². The average molecular weight is 418 g/mol. The van der Waals surface area contributed by atoms with Crippen LogP contribution in [0.5, 0.6) is 0 Å². The molecule has 9 nitrogen and oxygen atoms in total. The zero-order chi connectivity index (χ0) is 21.6. The first-order valence-electron chi connectivity index (χ1n) is 8.29. The van der Waals surface area contributed by atoms with E-state index in [1.165, 1.54) is 56.3 Å². The van der Waals surface area contributed by atoms with Gasteiger partial charge in [-0.15, -0.1) is 11.8 Å². The van der Waals surface area contributed by atoms with Gasteiger partial charge in [0, 0.05) is 17.0 Å². The molecule has 0 spiro atoms. The minimum atomic E-state index is -0.674. The van der Waals surface area contributed by atoms with E-state index in [1.807, 2.05) is 0 Å². The van der Waals surface area contributed by atoms with E-state index in [9.17, 15) is 24.5 Å². The molecule has 152 valence electrons. The Hall–Kier alpha value is -3.40. The average Bonchev–Trinajstić information content (AvgIpc) is 2.72. The molecule has 0 bridgehead atoms. The van der Waals surface area contributed by atoms with Crippen molar-refractivity contribution in [1.29, 1.82) is 0 Å². The highest BCUT2D eigenvalue weighted by Gasteiger charge is 2.21. The molecule has 1 unspecified atom stereocenters. The van der Waals surface area contributed by atoms with Gasteiger partial charge >= 0.3 is 11.9 Å². The van der Waals surface area contributed by atoms with Crippen molar-refractivity contribution >= 4 is 41.0 Å². The number of nitrogens with one attached hydrogen (secondary N) is 1. The van der Waals surface area contributed by atoms with Crippen LogP contribution < -0.4 is 5.32 Å². The second kappa shape index (κ2) is 9.69. The number of methoxy groups -OCH3 is 2. The molecule has 10 heteroatoms. The lowest BCUT2D eigenvalue weighted by atomic mass is 10.1. The maximum atomic E-state index is 12.6. The van der Waals surface area contributed by atoms with E-state index < -0.39 is 28.0 Å². The Morgan fingerprint density at radius 2 is 1.66 bits per heavy atom. The normalized spacial score (nSPS) is 11.3. The Morgan fingerprint density at radius 3 is 2.21 bits per heavy atom. The number of nitrogens with zero attached hydrogens (tertiary/aromatic N) is 1. The van der Waals surface area contributed by atoms with Gasteiger partial charge in [-0.2, -0.15) is 0 Å². The lowest BCUT2D eigenvalue weighted by molar-refractivity contribution is -0.384. The van der Waals surface area contributed by atoms with Crippen LogP contribution in [0.1, 0.15) is 27.6 Å². The number of ether oxygens (including phenoxy) is 2. The summed E-state index contributed by atoms with van der Waals surface area (Å²) in [6, 6.07) is 9.88. The molecule has 2 rings (SSSR count). The van der Waals surface area contributed by atoms with Gasteiger partial charge in [-0.05, 0) is 37.3 Å². The highest BCUT2D eigenvalue weighted by molar-refractivity contribution is 8.00. The lowest BCUT2D eigenvalue weighted by Crippen LogP contribution is -2.24. The van der Waals surface area contributed by atoms with Crippen molar-refractivity contribution in [3.63, 3.8) is 0 Å². The molecule has 1 atom stereocenters. The minimum Gasteiger partial charge on any atom is -0.465 e. The fourth-order valence-corrected chi connectivity index (χ4v) is 3.19. The van der Waals surface area contributed by atoms with E-state index in [1.54, 1.807) is 19.1 Å². The van der Waals surface area contributed by atoms with Gasteiger partial charge in [0.25, 0.3) is 5.69 Å². The number of benzene rings is 2. The van der Waals surface area contributed by atoms with Crippen molar-refractivity contribution in [2.75, 3.05) is 19.5 Å². The molecular weight excluding hydrogens is 400 g/mol. The number of amides is 1. The number of hydrogen-bond acceptors (Lipinski definition) is 8. The summed E-state index contributed by atoms with van der Waals surface area (Å²) in [5, 5.41) is 12.7. The van der Waals surface area contributed by atoms with E-state index in [4.69, 9.17) is 4.74 Å². The Morgan fingerprint density at radius 1 is 1.03 bits per heavy atom. The molecule has 0 radical (unpaired) electrons. The zero-order valence-electron chi connectivity index (χ0n) is 15.8. The monoisotopic (exact) mass is 418 g/mol. The second-order valence-electron chi connectivity index (χ2n) is 5.74. The van der Waals surface area contributed by atoms with Crippen LogP contribution in [-0.4, -0.2) is 42.2 Å². The summed E-state index contributed by atoms with van der Waals surface area (Å²) in [5.74, 6) is -1.72. The largest absolute Gasteiger partial charge is 0.465 e. The van der Waals surface area contributed by atoms with Crippen LogP contribution in [0.4, 0.5) is 11.4 Å². The predicted octanol–water partition coefficient (Wildman–Crippen LogP) is 3.29. The molecule has 2 aromatic rings. The van der Waals surface area contributed by atoms with Crippen LogP contribution >= 0.6 is 11.8 Å². The highest BCUT2D eigenvalue weighted by Crippen LogP contribution is 2.27. The third kappa shape index (κ3) is 5.55. The summed E-state index contributed by atoms with van der Waals surface area (Å²) in [7, 11) is 2.42. The Labute approximate surface area is 170 Å². The molecule has 0 saturated heterocycles. The van der Waals surface area contributed by atoms with Gasteiger partial charge in [-0.3, -0.25) is 14.9 Å². The molecule has 0 aliphatic carbocycles. The lowest BCUT2D eigenvalue weighted by Gasteiger charge is -2.15. The molecule has 0 aliphatic heterocycles. The summed E-state index contributed by atoms with van der Waals surface area (Å²) in [5.41, 5.74) is 0.307. The van der Waals surface area contributed by atoms with Crippen LogP contribution in [0.2, 0.25) is 0 Å². The number of nitro groups is 1. The fraction of sp³-hybridized carbons (Fsp3) is 0.211. The maximum absolute atomic E-state index is 12.6. The Balaban J connectivity index is 2.19. The summed E-state index contributed by atoms with van der Waals surface area (Å²) in [6.07, 6.45) is 0. The van der Waals surface area contributed by atoms with E-state index in [0.29, 0.717) is 4.90 Å². The number of anilines is 1.